The van der Waals surface area contributed by atoms with Gasteiger partial charge in [0.25, 0.3) is 0 Å². The Bertz CT molecular complexity index is 442. The maximum absolute atomic E-state index is 6.36. The van der Waals surface area contributed by atoms with Crippen LogP contribution in [0.5, 0.6) is 0 Å². The molecule has 0 saturated carbocycles. The zero-order valence-electron chi connectivity index (χ0n) is 13.5. The first kappa shape index (κ1) is 15.7. The van der Waals surface area contributed by atoms with Gasteiger partial charge >= 0.3 is 0 Å². The van der Waals surface area contributed by atoms with Gasteiger partial charge in [0, 0.05) is 13.5 Å². The van der Waals surface area contributed by atoms with Gasteiger partial charge in [-0.05, 0) is 23.7 Å². The Hall–Kier alpha value is -0.683. The third-order valence-electron chi connectivity index (χ3n) is 4.56. The summed E-state index contributed by atoms with van der Waals surface area (Å²) in [7, 11) is 0.211. The zero-order valence-corrected chi connectivity index (χ0v) is 14.5. The van der Waals surface area contributed by atoms with Crippen LogP contribution in [0.25, 0.3) is 0 Å². The molecule has 0 aromatic heterocycles. The van der Waals surface area contributed by atoms with Gasteiger partial charge in [0.1, 0.15) is 0 Å². The summed E-state index contributed by atoms with van der Waals surface area (Å²) in [5.74, 6) is 0. The van der Waals surface area contributed by atoms with Gasteiger partial charge in [0.05, 0.1) is 6.04 Å². The van der Waals surface area contributed by atoms with Gasteiger partial charge < -0.3 is 4.43 Å². The lowest BCUT2D eigenvalue weighted by Crippen LogP contribution is -2.44. The summed E-state index contributed by atoms with van der Waals surface area (Å²) < 4.78 is 6.36. The average Bonchev–Trinajstić information content (AvgIpc) is 2.69. The Kier molecular flexibility index (Phi) is 4.40. The van der Waals surface area contributed by atoms with Gasteiger partial charge in [0.15, 0.2) is 14.6 Å². The molecule has 1 aliphatic rings. The van der Waals surface area contributed by atoms with Crippen LogP contribution in [0.3, 0.4) is 0 Å². The van der Waals surface area contributed by atoms with Crippen LogP contribution in [0.4, 0.5) is 0 Å². The van der Waals surface area contributed by atoms with Crippen molar-refractivity contribution < 1.29 is 9.26 Å². The van der Waals surface area contributed by atoms with Crippen molar-refractivity contribution in [3.63, 3.8) is 0 Å². The summed E-state index contributed by atoms with van der Waals surface area (Å²) in [6.07, 6.45) is 0.777. The van der Waals surface area contributed by atoms with Gasteiger partial charge in [-0.15, -0.1) is 0 Å². The summed E-state index contributed by atoms with van der Waals surface area (Å²) in [5, 5.41) is 2.15. The molecule has 2 atom stereocenters. The Morgan fingerprint density at radius 3 is 2.35 bits per heavy atom. The fourth-order valence-electron chi connectivity index (χ4n) is 2.23. The summed E-state index contributed by atoms with van der Waals surface area (Å²) >= 11 is 0. The third kappa shape index (κ3) is 3.31. The Morgan fingerprint density at radius 2 is 1.80 bits per heavy atom. The Labute approximate surface area is 124 Å². The lowest BCUT2D eigenvalue weighted by atomic mass is 10.0. The molecule has 0 aliphatic carbocycles. The first-order chi connectivity index (χ1) is 9.21. The lowest BCUT2D eigenvalue weighted by Gasteiger charge is -2.37. The second-order valence-corrected chi connectivity index (χ2v) is 11.9. The molecule has 0 N–H and O–H groups in total. The topological polar surface area (TPSA) is 21.7 Å². The van der Waals surface area contributed by atoms with Gasteiger partial charge in [-0.25, -0.2) is 0 Å². The number of hydrogen-bond donors (Lipinski definition) is 0. The molecule has 0 unspecified atom stereocenters. The van der Waals surface area contributed by atoms with E-state index in [9.17, 15) is 0 Å². The van der Waals surface area contributed by atoms with Crippen LogP contribution in [0.2, 0.25) is 18.1 Å². The molecule has 1 aromatic rings. The van der Waals surface area contributed by atoms with E-state index in [1.807, 2.05) is 18.2 Å². The minimum absolute atomic E-state index is 0.119. The maximum atomic E-state index is 6.36. The normalized spacial score (nSPS) is 25.1. The molecular formula is C16H27NO2Si. The highest BCUT2D eigenvalue weighted by Gasteiger charge is 2.42. The number of hydroxylamine groups is 2. The standard InChI is InChI=1S/C16H27NO2Si/c1-16(2,3)20(5,6)19-15-12-14(17(4)18-15)13-10-8-7-9-11-13/h7-11,14-15H,12H2,1-6H3/t14-,15+/m0/s1. The average molecular weight is 293 g/mol. The maximum Gasteiger partial charge on any atom is 0.195 e. The third-order valence-corrected chi connectivity index (χ3v) is 9.02. The Balaban J connectivity index is 2.05. The molecule has 1 aromatic carbocycles. The van der Waals surface area contributed by atoms with E-state index in [4.69, 9.17) is 9.26 Å². The first-order valence-electron chi connectivity index (χ1n) is 7.33. The second-order valence-electron chi connectivity index (χ2n) is 7.12. The van der Waals surface area contributed by atoms with Gasteiger partial charge in [-0.3, -0.25) is 4.84 Å². The monoisotopic (exact) mass is 293 g/mol. The quantitative estimate of drug-likeness (QED) is 0.774. The van der Waals surface area contributed by atoms with Crippen molar-refractivity contribution in [2.45, 2.75) is 57.7 Å². The van der Waals surface area contributed by atoms with Crippen molar-refractivity contribution in [2.24, 2.45) is 0 Å². The molecule has 1 saturated heterocycles. The summed E-state index contributed by atoms with van der Waals surface area (Å²) in [6, 6.07) is 10.8. The summed E-state index contributed by atoms with van der Waals surface area (Å²) in [4.78, 5) is 5.91. The minimum atomic E-state index is -1.78. The molecule has 20 heavy (non-hydrogen) atoms. The van der Waals surface area contributed by atoms with Gasteiger partial charge in [-0.2, -0.15) is 5.06 Å². The smallest absolute Gasteiger partial charge is 0.195 e. The number of rotatable bonds is 3. The van der Waals surface area contributed by atoms with Crippen LogP contribution < -0.4 is 0 Å². The molecular weight excluding hydrogens is 266 g/mol. The van der Waals surface area contributed by atoms with Gasteiger partial charge in [0.2, 0.25) is 0 Å². The predicted octanol–water partition coefficient (Wildman–Crippen LogP) is 4.34. The number of benzene rings is 1. The van der Waals surface area contributed by atoms with Crippen molar-refractivity contribution >= 4 is 8.32 Å². The molecule has 1 aliphatic heterocycles. The Morgan fingerprint density at radius 1 is 1.20 bits per heavy atom. The van der Waals surface area contributed by atoms with Crippen LogP contribution in [-0.4, -0.2) is 26.7 Å². The number of hydrogen-bond acceptors (Lipinski definition) is 3. The molecule has 112 valence electrons. The highest BCUT2D eigenvalue weighted by molar-refractivity contribution is 6.74. The van der Waals surface area contributed by atoms with Crippen LogP contribution in [-0.2, 0) is 9.26 Å². The molecule has 2 rings (SSSR count). The van der Waals surface area contributed by atoms with E-state index in [-0.39, 0.29) is 17.4 Å². The molecule has 0 bridgehead atoms. The predicted molar refractivity (Wildman–Crippen MR) is 84.7 cm³/mol. The van der Waals surface area contributed by atoms with Crippen molar-refractivity contribution in [3.05, 3.63) is 35.9 Å². The highest BCUT2D eigenvalue weighted by Crippen LogP contribution is 2.41. The van der Waals surface area contributed by atoms with E-state index >= 15 is 0 Å². The zero-order chi connectivity index (χ0) is 15.0. The largest absolute Gasteiger partial charge is 0.391 e. The SMILES string of the molecule is CN1O[C@H](O[Si](C)(C)C(C)(C)C)C[C@H]1c1ccccc1. The fraction of sp³-hybridized carbons (Fsp3) is 0.625. The molecule has 1 fully saturated rings. The van der Waals surface area contributed by atoms with Crippen molar-refractivity contribution in [3.8, 4) is 0 Å². The number of nitrogens with zero attached hydrogens (tertiary/aromatic N) is 1. The molecule has 0 amide bonds. The van der Waals surface area contributed by atoms with E-state index < -0.39 is 8.32 Å². The van der Waals surface area contributed by atoms with Crippen molar-refractivity contribution in [2.75, 3.05) is 7.05 Å². The lowest BCUT2D eigenvalue weighted by molar-refractivity contribution is -0.202. The molecule has 0 spiro atoms. The fourth-order valence-corrected chi connectivity index (χ4v) is 3.38. The van der Waals surface area contributed by atoms with Crippen molar-refractivity contribution in [1.29, 1.82) is 0 Å². The highest BCUT2D eigenvalue weighted by atomic mass is 28.4. The van der Waals surface area contributed by atoms with E-state index in [1.165, 1.54) is 5.56 Å². The molecule has 1 heterocycles. The van der Waals surface area contributed by atoms with E-state index in [0.717, 1.165) is 6.42 Å². The molecule has 4 heteroatoms. The van der Waals surface area contributed by atoms with Crippen LogP contribution in [0.15, 0.2) is 30.3 Å². The second kappa shape index (κ2) is 5.60. The molecule has 0 radical (unpaired) electrons. The van der Waals surface area contributed by atoms with Crippen molar-refractivity contribution in [1.82, 2.24) is 5.06 Å². The van der Waals surface area contributed by atoms with Crippen LogP contribution in [0, 0.1) is 0 Å². The van der Waals surface area contributed by atoms with Crippen LogP contribution in [0.1, 0.15) is 38.8 Å². The van der Waals surface area contributed by atoms with Gasteiger partial charge in [-0.1, -0.05) is 51.1 Å². The summed E-state index contributed by atoms with van der Waals surface area (Å²) in [5.41, 5.74) is 1.29. The summed E-state index contributed by atoms with van der Waals surface area (Å²) in [6.45, 7) is 11.3. The van der Waals surface area contributed by atoms with Crippen LogP contribution >= 0.6 is 0 Å². The van der Waals surface area contributed by atoms with E-state index in [1.54, 1.807) is 0 Å². The minimum Gasteiger partial charge on any atom is -0.391 e. The first-order valence-corrected chi connectivity index (χ1v) is 10.2. The van der Waals surface area contributed by atoms with E-state index in [0.29, 0.717) is 0 Å². The molecule has 3 nitrogen and oxygen atoms in total. The van der Waals surface area contributed by atoms with E-state index in [2.05, 4.69) is 58.1 Å².